The summed E-state index contributed by atoms with van der Waals surface area (Å²) in [4.78, 5) is 0. The molecular formula is C54H35N2Si-. The molecule has 0 atom stereocenters. The zero-order valence-electron chi connectivity index (χ0n) is 31.1. The summed E-state index contributed by atoms with van der Waals surface area (Å²) in [7, 11) is -3.03. The zero-order valence-corrected chi connectivity index (χ0v) is 32.3. The monoisotopic (exact) mass is 739 g/mol. The van der Waals surface area contributed by atoms with E-state index < -0.39 is 8.07 Å². The topological polar surface area (TPSA) is 9.86 Å². The van der Waals surface area contributed by atoms with Crippen LogP contribution in [-0.4, -0.2) is 17.2 Å². The second-order valence-corrected chi connectivity index (χ2v) is 20.1. The van der Waals surface area contributed by atoms with Crippen LogP contribution in [0.4, 0.5) is 0 Å². The number of nitrogens with zero attached hydrogens (tertiary/aromatic N) is 2. The van der Waals surface area contributed by atoms with Crippen molar-refractivity contribution in [1.82, 2.24) is 9.13 Å². The zero-order chi connectivity index (χ0) is 37.2. The predicted octanol–water partition coefficient (Wildman–Crippen LogP) is 10.6. The minimum atomic E-state index is -3.03. The maximum atomic E-state index is 2.58. The molecule has 0 saturated heterocycles. The molecule has 0 radical (unpaired) electrons. The number of benzene rings is 9. The fraction of sp³-hybridized carbons (Fsp3) is 0. The first-order valence-electron chi connectivity index (χ1n) is 20.0. The van der Waals surface area contributed by atoms with Gasteiger partial charge in [0, 0.05) is 0 Å². The fourth-order valence-corrected chi connectivity index (χ4v) is 17.6. The van der Waals surface area contributed by atoms with Crippen molar-refractivity contribution in [1.29, 1.82) is 0 Å². The number of rotatable bonds is 3. The molecule has 11 aromatic rings. The summed E-state index contributed by atoms with van der Waals surface area (Å²) < 4.78 is 4.98. The summed E-state index contributed by atoms with van der Waals surface area (Å²) in [6.45, 7) is 0. The van der Waals surface area contributed by atoms with Gasteiger partial charge < -0.3 is 0 Å². The van der Waals surface area contributed by atoms with Gasteiger partial charge in [-0.05, 0) is 11.1 Å². The van der Waals surface area contributed by atoms with Gasteiger partial charge in [-0.3, -0.25) is 0 Å². The van der Waals surface area contributed by atoms with Gasteiger partial charge in [0.2, 0.25) is 0 Å². The van der Waals surface area contributed by atoms with Crippen LogP contribution >= 0.6 is 0 Å². The normalized spacial score (nSPS) is 14.0. The number of hydrogen-bond donors (Lipinski definition) is 0. The summed E-state index contributed by atoms with van der Waals surface area (Å²) >= 11 is 0. The number of para-hydroxylation sites is 2. The van der Waals surface area contributed by atoms with E-state index >= 15 is 0 Å². The van der Waals surface area contributed by atoms with E-state index in [2.05, 4.69) is 215 Å². The van der Waals surface area contributed by atoms with Gasteiger partial charge in [0.1, 0.15) is 0 Å². The second kappa shape index (κ2) is 11.4. The summed E-state index contributed by atoms with van der Waals surface area (Å²) in [5, 5.41) is 11.2. The van der Waals surface area contributed by atoms with Gasteiger partial charge in [-0.1, -0.05) is 30.3 Å². The average Bonchev–Trinajstić information content (AvgIpc) is 3.98. The molecule has 0 saturated carbocycles. The third-order valence-electron chi connectivity index (χ3n) is 13.3. The molecule has 9 aromatic carbocycles. The Hall–Kier alpha value is -7.20. The van der Waals surface area contributed by atoms with Crippen molar-refractivity contribution in [3.63, 3.8) is 0 Å². The van der Waals surface area contributed by atoms with E-state index in [4.69, 9.17) is 0 Å². The second-order valence-electron chi connectivity index (χ2n) is 15.9. The van der Waals surface area contributed by atoms with E-state index in [-0.39, 0.29) is 0 Å². The van der Waals surface area contributed by atoms with Crippen LogP contribution in [0.3, 0.4) is 0 Å². The van der Waals surface area contributed by atoms with Gasteiger partial charge in [0.05, 0.1) is 0 Å². The van der Waals surface area contributed by atoms with Crippen LogP contribution in [-0.2, 0) is 0 Å². The van der Waals surface area contributed by atoms with E-state index in [0.29, 0.717) is 0 Å². The minimum Gasteiger partial charge on any atom is -0.0617 e. The van der Waals surface area contributed by atoms with Crippen molar-refractivity contribution in [3.8, 4) is 44.8 Å². The van der Waals surface area contributed by atoms with Crippen molar-refractivity contribution in [3.05, 3.63) is 206 Å². The summed E-state index contributed by atoms with van der Waals surface area (Å²) in [5.74, 6) is 0. The molecule has 3 heteroatoms. The van der Waals surface area contributed by atoms with Gasteiger partial charge in [-0.25, -0.2) is 0 Å². The average molecular weight is 740 g/mol. The first kappa shape index (κ1) is 31.0. The van der Waals surface area contributed by atoms with Crippen LogP contribution < -0.4 is 20.7 Å². The summed E-state index contributed by atoms with van der Waals surface area (Å²) in [5.41, 5.74) is 15.3. The maximum absolute atomic E-state index is 3.03. The molecular weight excluding hydrogens is 705 g/mol. The van der Waals surface area contributed by atoms with Gasteiger partial charge in [-0.15, -0.1) is 0 Å². The molecule has 57 heavy (non-hydrogen) atoms. The first-order chi connectivity index (χ1) is 28.3. The van der Waals surface area contributed by atoms with Gasteiger partial charge >= 0.3 is 291 Å². The SMILES string of the molecule is c1ccc(-c2ccc(-n3c4ccccc4c4cc5c(cc43)c3ccccc3n5-c3ccc4c(c3)[SiH-]3(c5ccccc5-c5ccccc53)c3ccccc3-4)cc2)cc1. The molecule has 0 N–H and O–H groups in total. The summed E-state index contributed by atoms with van der Waals surface area (Å²) in [6, 6.07) is 77.5. The number of aromatic nitrogens is 2. The minimum absolute atomic E-state index is 1.16. The van der Waals surface area contributed by atoms with Crippen molar-refractivity contribution in [2.75, 3.05) is 0 Å². The molecule has 13 rings (SSSR count). The molecule has 2 aliphatic heterocycles. The smallest absolute Gasteiger partial charge is 0.0617 e. The van der Waals surface area contributed by atoms with E-state index in [1.807, 2.05) is 0 Å². The molecule has 4 heterocycles. The van der Waals surface area contributed by atoms with Crippen LogP contribution in [0.1, 0.15) is 0 Å². The molecule has 0 aliphatic carbocycles. The van der Waals surface area contributed by atoms with Crippen molar-refractivity contribution >= 4 is 72.4 Å². The molecule has 266 valence electrons. The Morgan fingerprint density at radius 2 is 0.684 bits per heavy atom. The van der Waals surface area contributed by atoms with Crippen molar-refractivity contribution < 1.29 is 0 Å². The standard InChI is InChI=1S/C54H35N2Si/c1-2-14-35(15-3-1)36-26-28-37(29-27-36)55-47-21-9-4-16-39(47)45-34-50-46(33-49(45)55)40-17-5-10-22-48(40)56(50)38-30-31-44-43-20-8-13-25-53(43)57(54(44)32-38)51-23-11-6-18-41(51)42-19-7-12-24-52(42)57/h1-34,57H/q-1. The van der Waals surface area contributed by atoms with Crippen LogP contribution in [0.25, 0.3) is 88.4 Å². The molecule has 2 aromatic heterocycles. The Morgan fingerprint density at radius 1 is 0.263 bits per heavy atom. The molecule has 0 unspecified atom stereocenters. The molecule has 2 aliphatic rings. The Labute approximate surface area is 331 Å². The van der Waals surface area contributed by atoms with E-state index in [1.165, 1.54) is 103 Å². The quantitative estimate of drug-likeness (QED) is 0.160. The van der Waals surface area contributed by atoms with Gasteiger partial charge in [0.25, 0.3) is 0 Å². The molecule has 0 bridgehead atoms. The Balaban J connectivity index is 1.08. The fourth-order valence-electron chi connectivity index (χ4n) is 11.1. The molecule has 1 spiro atoms. The molecule has 0 amide bonds. The number of fused-ring (bicyclic) bond motifs is 16. The van der Waals surface area contributed by atoms with E-state index in [0.717, 1.165) is 5.69 Å². The van der Waals surface area contributed by atoms with Gasteiger partial charge in [-0.2, -0.15) is 0 Å². The van der Waals surface area contributed by atoms with Crippen LogP contribution in [0.15, 0.2) is 206 Å². The Bertz CT molecular complexity index is 3400. The molecule has 2 nitrogen and oxygen atoms in total. The van der Waals surface area contributed by atoms with Crippen LogP contribution in [0.5, 0.6) is 0 Å². The number of hydrogen-bond acceptors (Lipinski definition) is 0. The third-order valence-corrected chi connectivity index (χ3v) is 19.0. The van der Waals surface area contributed by atoms with Crippen LogP contribution in [0.2, 0.25) is 0 Å². The van der Waals surface area contributed by atoms with Crippen molar-refractivity contribution in [2.24, 2.45) is 0 Å². The van der Waals surface area contributed by atoms with E-state index in [9.17, 15) is 0 Å². The third kappa shape index (κ3) is 4.03. The molecule has 0 fully saturated rings. The Morgan fingerprint density at radius 3 is 1.25 bits per heavy atom. The van der Waals surface area contributed by atoms with Crippen LogP contribution in [0, 0.1) is 0 Å². The predicted molar refractivity (Wildman–Crippen MR) is 244 cm³/mol. The Kier molecular flexibility index (Phi) is 6.22. The van der Waals surface area contributed by atoms with E-state index in [1.54, 1.807) is 0 Å². The summed E-state index contributed by atoms with van der Waals surface area (Å²) in [6.07, 6.45) is 0. The van der Waals surface area contributed by atoms with Crippen molar-refractivity contribution in [2.45, 2.75) is 0 Å². The first-order valence-corrected chi connectivity index (χ1v) is 22.3. The van der Waals surface area contributed by atoms with Gasteiger partial charge in [0.15, 0.2) is 0 Å².